The second kappa shape index (κ2) is 8.77. The summed E-state index contributed by atoms with van der Waals surface area (Å²) in [7, 11) is 0. The first-order valence-electron chi connectivity index (χ1n) is 5.01. The Hall–Kier alpha value is -0.810. The molecule has 0 saturated heterocycles. The van der Waals surface area contributed by atoms with Crippen LogP contribution in [-0.4, -0.2) is 48.8 Å². The summed E-state index contributed by atoms with van der Waals surface area (Å²) in [5.74, 6) is 0.253. The Morgan fingerprint density at radius 3 is 2.71 bits per heavy atom. The Morgan fingerprint density at radius 1 is 1.50 bits per heavy atom. The fourth-order valence-corrected chi connectivity index (χ4v) is 1.14. The van der Waals surface area contributed by atoms with Crippen LogP contribution in [0.25, 0.3) is 0 Å². The van der Waals surface area contributed by atoms with Gasteiger partial charge in [-0.3, -0.25) is 4.90 Å². The number of amidine groups is 1. The highest BCUT2D eigenvalue weighted by Crippen LogP contribution is 1.92. The van der Waals surface area contributed by atoms with E-state index >= 15 is 0 Å². The van der Waals surface area contributed by atoms with Crippen molar-refractivity contribution >= 4 is 5.84 Å². The summed E-state index contributed by atoms with van der Waals surface area (Å²) >= 11 is 0. The van der Waals surface area contributed by atoms with E-state index in [1.54, 1.807) is 0 Å². The van der Waals surface area contributed by atoms with Gasteiger partial charge in [0.1, 0.15) is 0 Å². The molecule has 5 nitrogen and oxygen atoms in total. The maximum Gasteiger partial charge on any atom is 0.153 e. The zero-order chi connectivity index (χ0) is 10.8. The van der Waals surface area contributed by atoms with Gasteiger partial charge < -0.3 is 15.7 Å². The Morgan fingerprint density at radius 2 is 2.21 bits per heavy atom. The van der Waals surface area contributed by atoms with Gasteiger partial charge in [0.2, 0.25) is 0 Å². The lowest BCUT2D eigenvalue weighted by Crippen LogP contribution is -2.34. The zero-order valence-corrected chi connectivity index (χ0v) is 9.07. The molecule has 0 rings (SSSR count). The van der Waals surface area contributed by atoms with Gasteiger partial charge in [-0.2, -0.15) is 0 Å². The van der Waals surface area contributed by atoms with E-state index in [1.807, 2.05) is 13.8 Å². The second-order valence-electron chi connectivity index (χ2n) is 3.01. The van der Waals surface area contributed by atoms with Crippen molar-refractivity contribution in [3.63, 3.8) is 0 Å². The lowest BCUT2D eigenvalue weighted by atomic mass is 10.3. The molecule has 0 aromatic carbocycles. The Balaban J connectivity index is 3.58. The fourth-order valence-electron chi connectivity index (χ4n) is 1.14. The summed E-state index contributed by atoms with van der Waals surface area (Å²) in [5, 5.41) is 11.3. The molecule has 0 radical (unpaired) electrons. The number of ether oxygens (including phenoxy) is 1. The maximum atomic E-state index is 8.40. The molecular formula is C9H21N3O2. The molecule has 0 aromatic heterocycles. The van der Waals surface area contributed by atoms with Gasteiger partial charge in [0.15, 0.2) is 5.84 Å². The summed E-state index contributed by atoms with van der Waals surface area (Å²) in [6.45, 7) is 7.86. The number of nitrogens with zero attached hydrogens (tertiary/aromatic N) is 2. The van der Waals surface area contributed by atoms with Crippen molar-refractivity contribution in [1.29, 1.82) is 0 Å². The topological polar surface area (TPSA) is 71.1 Å². The number of likely N-dealkylation sites (N-methyl/N-ethyl adjacent to an activating group) is 1. The Kier molecular flexibility index (Phi) is 8.27. The molecule has 0 aliphatic carbocycles. The molecule has 0 aliphatic rings. The summed E-state index contributed by atoms with van der Waals surface area (Å²) in [6, 6.07) is 0. The van der Waals surface area contributed by atoms with Gasteiger partial charge in [-0.25, -0.2) is 0 Å². The summed E-state index contributed by atoms with van der Waals surface area (Å²) in [5.41, 5.74) is 5.41. The summed E-state index contributed by atoms with van der Waals surface area (Å²) < 4.78 is 5.22. The molecule has 0 saturated carbocycles. The minimum Gasteiger partial charge on any atom is -0.409 e. The van der Waals surface area contributed by atoms with Crippen LogP contribution in [-0.2, 0) is 4.74 Å². The van der Waals surface area contributed by atoms with Crippen LogP contribution >= 0.6 is 0 Å². The van der Waals surface area contributed by atoms with Crippen molar-refractivity contribution in [2.24, 2.45) is 10.9 Å². The Labute approximate surface area is 85.5 Å². The highest BCUT2D eigenvalue weighted by Gasteiger charge is 2.04. The summed E-state index contributed by atoms with van der Waals surface area (Å²) in [4.78, 5) is 2.11. The van der Waals surface area contributed by atoms with Gasteiger partial charge in [-0.1, -0.05) is 12.1 Å². The predicted molar refractivity (Wildman–Crippen MR) is 56.6 cm³/mol. The van der Waals surface area contributed by atoms with Crippen molar-refractivity contribution in [3.05, 3.63) is 0 Å². The third kappa shape index (κ3) is 6.68. The van der Waals surface area contributed by atoms with Gasteiger partial charge in [-0.15, -0.1) is 0 Å². The van der Waals surface area contributed by atoms with Gasteiger partial charge in [0, 0.05) is 19.8 Å². The first kappa shape index (κ1) is 13.2. The lowest BCUT2D eigenvalue weighted by molar-refractivity contribution is 0.135. The highest BCUT2D eigenvalue weighted by atomic mass is 16.5. The number of hydrogen-bond donors (Lipinski definition) is 2. The van der Waals surface area contributed by atoms with E-state index in [1.165, 1.54) is 0 Å². The van der Waals surface area contributed by atoms with Gasteiger partial charge in [0.05, 0.1) is 6.54 Å². The lowest BCUT2D eigenvalue weighted by Gasteiger charge is -2.18. The van der Waals surface area contributed by atoms with Gasteiger partial charge in [0.25, 0.3) is 0 Å². The van der Waals surface area contributed by atoms with E-state index in [0.717, 1.165) is 32.7 Å². The molecule has 0 fully saturated rings. The van der Waals surface area contributed by atoms with Crippen LogP contribution in [0.2, 0.25) is 0 Å². The second-order valence-corrected chi connectivity index (χ2v) is 3.01. The minimum absolute atomic E-state index is 0.253. The van der Waals surface area contributed by atoms with E-state index in [-0.39, 0.29) is 5.84 Å². The van der Waals surface area contributed by atoms with E-state index in [0.29, 0.717) is 6.54 Å². The van der Waals surface area contributed by atoms with Crippen LogP contribution in [0.3, 0.4) is 0 Å². The molecule has 0 aliphatic heterocycles. The van der Waals surface area contributed by atoms with E-state index < -0.39 is 0 Å². The van der Waals surface area contributed by atoms with Crippen molar-refractivity contribution in [1.82, 2.24) is 4.90 Å². The zero-order valence-electron chi connectivity index (χ0n) is 9.07. The minimum atomic E-state index is 0.253. The Bertz CT molecular complexity index is 162. The van der Waals surface area contributed by atoms with E-state index in [9.17, 15) is 0 Å². The molecule has 0 unspecified atom stereocenters. The molecular weight excluding hydrogens is 182 g/mol. The summed E-state index contributed by atoms with van der Waals surface area (Å²) in [6.07, 6.45) is 0.973. The van der Waals surface area contributed by atoms with Crippen LogP contribution in [0.4, 0.5) is 0 Å². The van der Waals surface area contributed by atoms with Crippen LogP contribution in [0.1, 0.15) is 20.3 Å². The molecule has 0 aromatic rings. The van der Waals surface area contributed by atoms with Crippen molar-refractivity contribution in [2.75, 3.05) is 32.8 Å². The molecule has 0 amide bonds. The van der Waals surface area contributed by atoms with Crippen molar-refractivity contribution < 1.29 is 9.94 Å². The van der Waals surface area contributed by atoms with Gasteiger partial charge >= 0.3 is 0 Å². The monoisotopic (exact) mass is 203 g/mol. The number of rotatable bonds is 8. The average molecular weight is 203 g/mol. The smallest absolute Gasteiger partial charge is 0.153 e. The molecule has 3 N–H and O–H groups in total. The molecule has 0 spiro atoms. The molecule has 0 heterocycles. The molecule has 0 atom stereocenters. The molecule has 14 heavy (non-hydrogen) atoms. The number of oxime groups is 1. The van der Waals surface area contributed by atoms with Crippen LogP contribution in [0.5, 0.6) is 0 Å². The standard InChI is InChI=1S/C9H21N3O2/c1-3-12(8-9(10)11-13)6-5-7-14-4-2/h13H,3-8H2,1-2H3,(H2,10,11). The third-order valence-corrected chi connectivity index (χ3v) is 1.93. The van der Waals surface area contributed by atoms with Crippen LogP contribution in [0, 0.1) is 0 Å². The quantitative estimate of drug-likeness (QED) is 0.198. The first-order chi connectivity index (χ1) is 6.74. The van der Waals surface area contributed by atoms with E-state index in [2.05, 4.69) is 10.1 Å². The molecule has 84 valence electrons. The van der Waals surface area contributed by atoms with Gasteiger partial charge in [-0.05, 0) is 19.9 Å². The largest absolute Gasteiger partial charge is 0.409 e. The average Bonchev–Trinajstić information content (AvgIpc) is 2.22. The normalized spacial score (nSPS) is 12.4. The fraction of sp³-hybridized carbons (Fsp3) is 0.889. The first-order valence-corrected chi connectivity index (χ1v) is 5.01. The number of nitrogens with two attached hydrogens (primary N) is 1. The van der Waals surface area contributed by atoms with Crippen LogP contribution < -0.4 is 5.73 Å². The van der Waals surface area contributed by atoms with E-state index in [4.69, 9.17) is 15.7 Å². The van der Waals surface area contributed by atoms with Crippen molar-refractivity contribution in [3.8, 4) is 0 Å². The third-order valence-electron chi connectivity index (χ3n) is 1.93. The SMILES string of the molecule is CCOCCCN(CC)CC(N)=NO. The van der Waals surface area contributed by atoms with Crippen molar-refractivity contribution in [2.45, 2.75) is 20.3 Å². The number of hydrogen-bond acceptors (Lipinski definition) is 4. The predicted octanol–water partition coefficient (Wildman–Crippen LogP) is 0.481. The van der Waals surface area contributed by atoms with Crippen LogP contribution in [0.15, 0.2) is 5.16 Å². The maximum absolute atomic E-state index is 8.40. The molecule has 0 bridgehead atoms. The molecule has 5 heteroatoms. The highest BCUT2D eigenvalue weighted by molar-refractivity contribution is 5.81.